The number of hydrogen-bond donors (Lipinski definition) is 0. The zero-order valence-corrected chi connectivity index (χ0v) is 8.84. The number of allylic oxidation sites excluding steroid dienone is 2. The summed E-state index contributed by atoms with van der Waals surface area (Å²) >= 11 is 0. The van der Waals surface area contributed by atoms with E-state index in [0.717, 1.165) is 25.2 Å². The Morgan fingerprint density at radius 3 is 2.79 bits per heavy atom. The Balaban J connectivity index is 2.53. The van der Waals surface area contributed by atoms with E-state index < -0.39 is 0 Å². The van der Waals surface area contributed by atoms with Crippen LogP contribution in [0, 0.1) is 0 Å². The summed E-state index contributed by atoms with van der Waals surface area (Å²) in [6.07, 6.45) is 2.26. The summed E-state index contributed by atoms with van der Waals surface area (Å²) in [6, 6.07) is 8.33. The van der Waals surface area contributed by atoms with Gasteiger partial charge in [-0.05, 0) is 38.3 Å². The van der Waals surface area contributed by atoms with Gasteiger partial charge in [0.15, 0.2) is 0 Å². The molecule has 1 nitrogen and oxygen atoms in total. The molecule has 0 aromatic heterocycles. The van der Waals surface area contributed by atoms with Crippen molar-refractivity contribution in [1.82, 2.24) is 0 Å². The highest BCUT2D eigenvalue weighted by Gasteiger charge is 2.13. The van der Waals surface area contributed by atoms with Crippen LogP contribution in [0.2, 0.25) is 0 Å². The van der Waals surface area contributed by atoms with Crippen molar-refractivity contribution in [3.8, 4) is 5.75 Å². The van der Waals surface area contributed by atoms with Crippen molar-refractivity contribution in [2.75, 3.05) is 6.61 Å². The van der Waals surface area contributed by atoms with Gasteiger partial charge in [-0.2, -0.15) is 0 Å². The first-order chi connectivity index (χ1) is 6.79. The highest BCUT2D eigenvalue weighted by atomic mass is 16.5. The number of hydrogen-bond acceptors (Lipinski definition) is 1. The molecule has 0 N–H and O–H groups in total. The molecule has 1 aliphatic heterocycles. The van der Waals surface area contributed by atoms with E-state index in [1.54, 1.807) is 0 Å². The number of fused-ring (bicyclic) bond motifs is 1. The summed E-state index contributed by atoms with van der Waals surface area (Å²) in [5.74, 6) is 1.04. The fourth-order valence-electron chi connectivity index (χ4n) is 1.93. The summed E-state index contributed by atoms with van der Waals surface area (Å²) in [5.41, 5.74) is 4.14. The normalized spacial score (nSPS) is 15.4. The van der Waals surface area contributed by atoms with Crippen LogP contribution in [0.1, 0.15) is 32.3 Å². The highest BCUT2D eigenvalue weighted by molar-refractivity contribution is 5.72. The summed E-state index contributed by atoms with van der Waals surface area (Å²) in [6.45, 7) is 5.20. The molecule has 14 heavy (non-hydrogen) atoms. The fraction of sp³-hybridized carbons (Fsp3) is 0.385. The van der Waals surface area contributed by atoms with Gasteiger partial charge in [0.1, 0.15) is 5.75 Å². The maximum Gasteiger partial charge on any atom is 0.126 e. The van der Waals surface area contributed by atoms with E-state index >= 15 is 0 Å². The van der Waals surface area contributed by atoms with Gasteiger partial charge in [-0.25, -0.2) is 0 Å². The predicted octanol–water partition coefficient (Wildman–Crippen LogP) is 3.65. The minimum atomic E-state index is 0.841. The number of para-hydroxylation sites is 1. The van der Waals surface area contributed by atoms with E-state index in [4.69, 9.17) is 4.74 Å². The lowest BCUT2D eigenvalue weighted by Crippen LogP contribution is -1.93. The van der Waals surface area contributed by atoms with Crippen molar-refractivity contribution in [2.24, 2.45) is 0 Å². The molecule has 2 rings (SSSR count). The second-order valence-corrected chi connectivity index (χ2v) is 3.93. The third-order valence-corrected chi connectivity index (χ3v) is 2.64. The minimum Gasteiger partial charge on any atom is -0.493 e. The van der Waals surface area contributed by atoms with Crippen molar-refractivity contribution in [1.29, 1.82) is 0 Å². The van der Waals surface area contributed by atoms with Gasteiger partial charge < -0.3 is 4.74 Å². The third kappa shape index (κ3) is 1.67. The maximum atomic E-state index is 5.69. The van der Waals surface area contributed by atoms with Gasteiger partial charge in [0.05, 0.1) is 6.61 Å². The van der Waals surface area contributed by atoms with Gasteiger partial charge in [0.25, 0.3) is 0 Å². The van der Waals surface area contributed by atoms with Gasteiger partial charge in [0.2, 0.25) is 0 Å². The second-order valence-electron chi connectivity index (χ2n) is 3.93. The van der Waals surface area contributed by atoms with Crippen molar-refractivity contribution in [3.05, 3.63) is 35.4 Å². The minimum absolute atomic E-state index is 0.841. The van der Waals surface area contributed by atoms with Crippen molar-refractivity contribution < 1.29 is 4.74 Å². The highest BCUT2D eigenvalue weighted by Crippen LogP contribution is 2.33. The van der Waals surface area contributed by atoms with Crippen LogP contribution in [0.3, 0.4) is 0 Å². The molecule has 0 bridgehead atoms. The zero-order valence-electron chi connectivity index (χ0n) is 8.84. The molecule has 0 atom stereocenters. The molecule has 1 heteroatoms. The van der Waals surface area contributed by atoms with E-state index in [0.29, 0.717) is 0 Å². The topological polar surface area (TPSA) is 9.23 Å². The van der Waals surface area contributed by atoms with Gasteiger partial charge in [-0.1, -0.05) is 23.8 Å². The SMILES string of the molecule is CC(C)=C1CCCOc2ccccc21. The smallest absolute Gasteiger partial charge is 0.126 e. The summed E-state index contributed by atoms with van der Waals surface area (Å²) in [7, 11) is 0. The van der Waals surface area contributed by atoms with E-state index in [2.05, 4.69) is 32.0 Å². The molecule has 0 spiro atoms. The van der Waals surface area contributed by atoms with E-state index in [9.17, 15) is 0 Å². The average molecular weight is 188 g/mol. The number of benzene rings is 1. The van der Waals surface area contributed by atoms with Gasteiger partial charge in [-0.15, -0.1) is 0 Å². The molecule has 0 aliphatic carbocycles. The van der Waals surface area contributed by atoms with Crippen molar-refractivity contribution >= 4 is 5.57 Å². The van der Waals surface area contributed by atoms with Crippen LogP contribution >= 0.6 is 0 Å². The Hall–Kier alpha value is -1.24. The van der Waals surface area contributed by atoms with E-state index in [1.165, 1.54) is 16.7 Å². The lowest BCUT2D eigenvalue weighted by molar-refractivity contribution is 0.318. The van der Waals surface area contributed by atoms with Crippen LogP contribution in [0.4, 0.5) is 0 Å². The first-order valence-corrected chi connectivity index (χ1v) is 5.17. The van der Waals surface area contributed by atoms with Gasteiger partial charge in [0, 0.05) is 5.56 Å². The molecule has 0 fully saturated rings. The average Bonchev–Trinajstić information content (AvgIpc) is 2.39. The molecule has 0 radical (unpaired) electrons. The molecule has 74 valence electrons. The van der Waals surface area contributed by atoms with Crippen LogP contribution in [-0.2, 0) is 0 Å². The van der Waals surface area contributed by atoms with E-state index in [1.807, 2.05) is 6.07 Å². The van der Waals surface area contributed by atoms with Crippen LogP contribution in [0.15, 0.2) is 29.8 Å². The van der Waals surface area contributed by atoms with Crippen molar-refractivity contribution in [3.63, 3.8) is 0 Å². The molecule has 1 aromatic rings. The van der Waals surface area contributed by atoms with Crippen molar-refractivity contribution in [2.45, 2.75) is 26.7 Å². The Labute approximate surface area is 85.4 Å². The van der Waals surface area contributed by atoms with Crippen LogP contribution in [0.25, 0.3) is 5.57 Å². The largest absolute Gasteiger partial charge is 0.493 e. The Morgan fingerprint density at radius 1 is 1.21 bits per heavy atom. The third-order valence-electron chi connectivity index (χ3n) is 2.64. The summed E-state index contributed by atoms with van der Waals surface area (Å²) in [4.78, 5) is 0. The Bertz CT molecular complexity index is 359. The molecule has 1 aromatic carbocycles. The molecule has 0 amide bonds. The summed E-state index contributed by atoms with van der Waals surface area (Å²) in [5, 5.41) is 0. The molecule has 0 unspecified atom stereocenters. The first kappa shape index (κ1) is 9.32. The lowest BCUT2D eigenvalue weighted by Gasteiger charge is -2.09. The van der Waals surface area contributed by atoms with Crippen LogP contribution in [-0.4, -0.2) is 6.61 Å². The molecule has 1 heterocycles. The first-order valence-electron chi connectivity index (χ1n) is 5.17. The maximum absolute atomic E-state index is 5.69. The van der Waals surface area contributed by atoms with Gasteiger partial charge >= 0.3 is 0 Å². The Kier molecular flexibility index (Phi) is 2.58. The fourth-order valence-corrected chi connectivity index (χ4v) is 1.93. The quantitative estimate of drug-likeness (QED) is 0.603. The Morgan fingerprint density at radius 2 is 2.00 bits per heavy atom. The molecule has 1 aliphatic rings. The molecule has 0 saturated heterocycles. The lowest BCUT2D eigenvalue weighted by atomic mass is 9.97. The zero-order chi connectivity index (χ0) is 9.97. The summed E-state index contributed by atoms with van der Waals surface area (Å²) < 4.78 is 5.69. The van der Waals surface area contributed by atoms with E-state index in [-0.39, 0.29) is 0 Å². The monoisotopic (exact) mass is 188 g/mol. The second kappa shape index (κ2) is 3.87. The number of ether oxygens (including phenoxy) is 1. The standard InChI is InChI=1S/C13H16O/c1-10(2)11-7-5-9-14-13-8-4-3-6-12(11)13/h3-4,6,8H,5,7,9H2,1-2H3. The van der Waals surface area contributed by atoms with Gasteiger partial charge in [-0.3, -0.25) is 0 Å². The molecule has 0 saturated carbocycles. The van der Waals surface area contributed by atoms with Crippen LogP contribution < -0.4 is 4.74 Å². The molecular weight excluding hydrogens is 172 g/mol. The van der Waals surface area contributed by atoms with Crippen LogP contribution in [0.5, 0.6) is 5.75 Å². The molecular formula is C13H16O. The predicted molar refractivity (Wildman–Crippen MR) is 59.4 cm³/mol. The number of rotatable bonds is 0.